The molecular formula is C14H21BrN2. The van der Waals surface area contributed by atoms with Crippen LogP contribution in [0.15, 0.2) is 22.7 Å². The molecule has 2 nitrogen and oxygen atoms in total. The molecule has 1 aromatic carbocycles. The molecule has 1 fully saturated rings. The van der Waals surface area contributed by atoms with Crippen LogP contribution in [0.4, 0.5) is 5.69 Å². The van der Waals surface area contributed by atoms with Gasteiger partial charge in [-0.1, -0.05) is 15.9 Å². The fourth-order valence-electron chi connectivity index (χ4n) is 2.59. The first kappa shape index (κ1) is 12.9. The molecule has 1 aliphatic rings. The van der Waals surface area contributed by atoms with Crippen LogP contribution in [0.5, 0.6) is 0 Å². The molecule has 0 spiro atoms. The first-order valence-corrected chi connectivity index (χ1v) is 7.12. The highest BCUT2D eigenvalue weighted by atomic mass is 79.9. The third-order valence-electron chi connectivity index (χ3n) is 3.39. The van der Waals surface area contributed by atoms with Crippen LogP contribution in [-0.4, -0.2) is 25.2 Å². The van der Waals surface area contributed by atoms with Crippen LogP contribution in [0.3, 0.4) is 0 Å². The minimum absolute atomic E-state index is 0.551. The Hall–Kier alpha value is -0.540. The highest BCUT2D eigenvalue weighted by molar-refractivity contribution is 9.10. The van der Waals surface area contributed by atoms with E-state index in [0.29, 0.717) is 12.1 Å². The van der Waals surface area contributed by atoms with Gasteiger partial charge in [0, 0.05) is 35.3 Å². The van der Waals surface area contributed by atoms with E-state index in [1.54, 1.807) is 0 Å². The fourth-order valence-corrected chi connectivity index (χ4v) is 3.06. The number of anilines is 1. The van der Waals surface area contributed by atoms with Crippen molar-refractivity contribution < 1.29 is 0 Å². The lowest BCUT2D eigenvalue weighted by Gasteiger charge is -2.26. The molecule has 17 heavy (non-hydrogen) atoms. The van der Waals surface area contributed by atoms with Crippen LogP contribution in [0.25, 0.3) is 0 Å². The Bertz CT molecular complexity index is 392. The lowest BCUT2D eigenvalue weighted by molar-refractivity contribution is 0.492. The number of nitrogens with one attached hydrogen (secondary N) is 1. The fraction of sp³-hybridized carbons (Fsp3) is 0.571. The third-order valence-corrected chi connectivity index (χ3v) is 3.89. The summed E-state index contributed by atoms with van der Waals surface area (Å²) in [5.41, 5.74) is 2.72. The van der Waals surface area contributed by atoms with E-state index in [-0.39, 0.29) is 0 Å². The van der Waals surface area contributed by atoms with Crippen LogP contribution in [-0.2, 0) is 0 Å². The lowest BCUT2D eigenvalue weighted by atomic mass is 10.1. The normalized spacial score (nSPS) is 25.8. The topological polar surface area (TPSA) is 15.3 Å². The molecule has 1 aliphatic heterocycles. The summed E-state index contributed by atoms with van der Waals surface area (Å²) in [6.07, 6.45) is 1.21. The van der Waals surface area contributed by atoms with Gasteiger partial charge in [0.2, 0.25) is 0 Å². The zero-order valence-electron chi connectivity index (χ0n) is 10.8. The van der Waals surface area contributed by atoms with Gasteiger partial charge < -0.3 is 10.2 Å². The smallest absolute Gasteiger partial charge is 0.0397 e. The second-order valence-corrected chi connectivity index (χ2v) is 6.05. The Morgan fingerprint density at radius 3 is 2.76 bits per heavy atom. The highest BCUT2D eigenvalue weighted by Gasteiger charge is 2.19. The van der Waals surface area contributed by atoms with Gasteiger partial charge >= 0.3 is 0 Å². The predicted octanol–water partition coefficient (Wildman–Crippen LogP) is 3.33. The maximum Gasteiger partial charge on any atom is 0.0397 e. The van der Waals surface area contributed by atoms with Crippen LogP contribution in [0, 0.1) is 6.92 Å². The zero-order chi connectivity index (χ0) is 12.4. The van der Waals surface area contributed by atoms with Gasteiger partial charge in [-0.3, -0.25) is 0 Å². The van der Waals surface area contributed by atoms with Crippen molar-refractivity contribution >= 4 is 21.6 Å². The highest BCUT2D eigenvalue weighted by Crippen LogP contribution is 2.25. The quantitative estimate of drug-likeness (QED) is 0.855. The number of nitrogens with zero attached hydrogens (tertiary/aromatic N) is 1. The second-order valence-electron chi connectivity index (χ2n) is 5.13. The van der Waals surface area contributed by atoms with Gasteiger partial charge in [0.25, 0.3) is 0 Å². The van der Waals surface area contributed by atoms with Crippen molar-refractivity contribution in [1.82, 2.24) is 5.32 Å². The lowest BCUT2D eigenvalue weighted by Crippen LogP contribution is -2.37. The molecule has 2 rings (SSSR count). The summed E-state index contributed by atoms with van der Waals surface area (Å²) in [5.74, 6) is 0. The maximum absolute atomic E-state index is 3.62. The molecule has 1 aromatic rings. The molecule has 0 aliphatic carbocycles. The Balaban J connectivity index is 2.20. The van der Waals surface area contributed by atoms with Gasteiger partial charge in [-0.2, -0.15) is 0 Å². The van der Waals surface area contributed by atoms with Gasteiger partial charge in [0.05, 0.1) is 0 Å². The molecule has 1 saturated heterocycles. The molecule has 0 saturated carbocycles. The number of halogens is 1. The van der Waals surface area contributed by atoms with Crippen molar-refractivity contribution in [3.05, 3.63) is 28.2 Å². The summed E-state index contributed by atoms with van der Waals surface area (Å²) in [4.78, 5) is 2.50. The van der Waals surface area contributed by atoms with Gasteiger partial charge in [-0.25, -0.2) is 0 Å². The molecule has 1 heterocycles. The minimum atomic E-state index is 0.551. The van der Waals surface area contributed by atoms with Crippen LogP contribution >= 0.6 is 15.9 Å². The van der Waals surface area contributed by atoms with Crippen molar-refractivity contribution in [2.75, 3.05) is 18.0 Å². The minimum Gasteiger partial charge on any atom is -0.370 e. The van der Waals surface area contributed by atoms with E-state index >= 15 is 0 Å². The number of rotatable bonds is 1. The summed E-state index contributed by atoms with van der Waals surface area (Å²) in [7, 11) is 0. The molecule has 0 bridgehead atoms. The van der Waals surface area contributed by atoms with Gasteiger partial charge in [-0.05, 0) is 51.0 Å². The van der Waals surface area contributed by atoms with Crippen LogP contribution < -0.4 is 10.2 Å². The number of benzene rings is 1. The Labute approximate surface area is 113 Å². The van der Waals surface area contributed by atoms with Crippen molar-refractivity contribution in [3.63, 3.8) is 0 Å². The van der Waals surface area contributed by atoms with Crippen LogP contribution in [0.1, 0.15) is 25.8 Å². The van der Waals surface area contributed by atoms with E-state index < -0.39 is 0 Å². The van der Waals surface area contributed by atoms with Crippen molar-refractivity contribution in [1.29, 1.82) is 0 Å². The Kier molecular flexibility index (Phi) is 4.10. The van der Waals surface area contributed by atoms with Crippen LogP contribution in [0.2, 0.25) is 0 Å². The molecule has 0 radical (unpaired) electrons. The standard InChI is InChI=1S/C14H21BrN2/c1-10-8-13(15)4-5-14(10)17-7-6-11(2)16-12(3)9-17/h4-5,8,11-12,16H,6-7,9H2,1-3H3. The molecular weight excluding hydrogens is 276 g/mol. The molecule has 2 unspecified atom stereocenters. The first-order chi connectivity index (χ1) is 8.06. The zero-order valence-corrected chi connectivity index (χ0v) is 12.4. The molecule has 0 aromatic heterocycles. The van der Waals surface area contributed by atoms with E-state index in [2.05, 4.69) is 65.1 Å². The molecule has 94 valence electrons. The predicted molar refractivity (Wildman–Crippen MR) is 77.8 cm³/mol. The summed E-state index contributed by atoms with van der Waals surface area (Å²) in [6.45, 7) is 8.96. The monoisotopic (exact) mass is 296 g/mol. The van der Waals surface area contributed by atoms with Gasteiger partial charge in [0.1, 0.15) is 0 Å². The summed E-state index contributed by atoms with van der Waals surface area (Å²) < 4.78 is 1.16. The average Bonchev–Trinajstić information content (AvgIpc) is 2.39. The molecule has 2 atom stereocenters. The largest absolute Gasteiger partial charge is 0.370 e. The molecule has 0 amide bonds. The van der Waals surface area contributed by atoms with Gasteiger partial charge in [-0.15, -0.1) is 0 Å². The SMILES string of the molecule is Cc1cc(Br)ccc1N1CCC(C)NC(C)C1. The third kappa shape index (κ3) is 3.23. The first-order valence-electron chi connectivity index (χ1n) is 6.33. The second kappa shape index (κ2) is 5.40. The Morgan fingerprint density at radius 2 is 2.06 bits per heavy atom. The summed E-state index contributed by atoms with van der Waals surface area (Å²) in [6, 6.07) is 7.72. The molecule has 3 heteroatoms. The summed E-state index contributed by atoms with van der Waals surface area (Å²) >= 11 is 3.53. The van der Waals surface area contributed by atoms with E-state index in [1.165, 1.54) is 17.7 Å². The summed E-state index contributed by atoms with van der Waals surface area (Å²) in [5, 5.41) is 3.62. The van der Waals surface area contributed by atoms with E-state index in [4.69, 9.17) is 0 Å². The van der Waals surface area contributed by atoms with E-state index in [9.17, 15) is 0 Å². The molecule has 1 N–H and O–H groups in total. The number of aryl methyl sites for hydroxylation is 1. The van der Waals surface area contributed by atoms with Crippen molar-refractivity contribution in [3.8, 4) is 0 Å². The average molecular weight is 297 g/mol. The number of hydrogen-bond acceptors (Lipinski definition) is 2. The van der Waals surface area contributed by atoms with Gasteiger partial charge in [0.15, 0.2) is 0 Å². The Morgan fingerprint density at radius 1 is 1.29 bits per heavy atom. The van der Waals surface area contributed by atoms with Crippen molar-refractivity contribution in [2.45, 2.75) is 39.3 Å². The maximum atomic E-state index is 3.62. The number of hydrogen-bond donors (Lipinski definition) is 1. The van der Waals surface area contributed by atoms with E-state index in [1.807, 2.05) is 0 Å². The van der Waals surface area contributed by atoms with Crippen molar-refractivity contribution in [2.24, 2.45) is 0 Å². The van der Waals surface area contributed by atoms with E-state index in [0.717, 1.165) is 17.6 Å².